The lowest BCUT2D eigenvalue weighted by molar-refractivity contribution is 0.232. The van der Waals surface area contributed by atoms with Crippen molar-refractivity contribution >= 4 is 28.3 Å². The molecule has 5 heteroatoms. The first kappa shape index (κ1) is 15.3. The maximum atomic E-state index is 4.86. The van der Waals surface area contributed by atoms with Gasteiger partial charge in [0.15, 0.2) is 5.17 Å². The fraction of sp³-hybridized carbons (Fsp3) is 0.750. The number of nitrogens with one attached hydrogen (secondary N) is 1. The van der Waals surface area contributed by atoms with Crippen molar-refractivity contribution in [1.29, 1.82) is 0 Å². The molecule has 3 rings (SSSR count). The largest absolute Gasteiger partial charge is 0.358 e. The van der Waals surface area contributed by atoms with E-state index in [-0.39, 0.29) is 0 Å². The number of nitrogens with zero attached hydrogens (tertiary/aromatic N) is 2. The Morgan fingerprint density at radius 1 is 1.19 bits per heavy atom. The van der Waals surface area contributed by atoms with E-state index in [0.717, 1.165) is 22.4 Å². The van der Waals surface area contributed by atoms with Crippen LogP contribution in [-0.4, -0.2) is 22.4 Å². The van der Waals surface area contributed by atoms with Gasteiger partial charge in [0.05, 0.1) is 16.7 Å². The molecule has 1 fully saturated rings. The van der Waals surface area contributed by atoms with Gasteiger partial charge in [-0.1, -0.05) is 31.0 Å². The molecule has 2 aliphatic rings. The van der Waals surface area contributed by atoms with Crippen molar-refractivity contribution in [3.8, 4) is 0 Å². The van der Waals surface area contributed by atoms with Gasteiger partial charge in [0.1, 0.15) is 0 Å². The SMILES string of the molecule is Cc1nc(C)c(C(C)NC2=NCC3(CCCCC3)CS2)s1. The molecule has 0 radical (unpaired) electrons. The van der Waals surface area contributed by atoms with Crippen LogP contribution in [0.15, 0.2) is 4.99 Å². The molecule has 1 spiro atoms. The molecule has 3 nitrogen and oxygen atoms in total. The van der Waals surface area contributed by atoms with E-state index in [4.69, 9.17) is 4.99 Å². The summed E-state index contributed by atoms with van der Waals surface area (Å²) < 4.78 is 0. The molecule has 1 N–H and O–H groups in total. The molecule has 1 unspecified atom stereocenters. The Morgan fingerprint density at radius 2 is 1.95 bits per heavy atom. The molecule has 0 amide bonds. The summed E-state index contributed by atoms with van der Waals surface area (Å²) in [4.78, 5) is 10.7. The fourth-order valence-corrected chi connectivity index (χ4v) is 5.61. The Hall–Kier alpha value is -0.550. The molecular weight excluding hydrogens is 298 g/mol. The molecule has 1 saturated carbocycles. The van der Waals surface area contributed by atoms with Crippen molar-refractivity contribution in [3.63, 3.8) is 0 Å². The molecule has 21 heavy (non-hydrogen) atoms. The van der Waals surface area contributed by atoms with Crippen LogP contribution in [0, 0.1) is 19.3 Å². The van der Waals surface area contributed by atoms with Crippen LogP contribution in [0.1, 0.15) is 60.6 Å². The number of aryl methyl sites for hydroxylation is 2. The van der Waals surface area contributed by atoms with Crippen LogP contribution in [0.3, 0.4) is 0 Å². The number of amidine groups is 1. The lowest BCUT2D eigenvalue weighted by atomic mass is 9.75. The molecule has 1 atom stereocenters. The van der Waals surface area contributed by atoms with Crippen LogP contribution < -0.4 is 5.32 Å². The van der Waals surface area contributed by atoms with E-state index >= 15 is 0 Å². The molecule has 1 aromatic rings. The molecule has 1 aliphatic carbocycles. The monoisotopic (exact) mass is 323 g/mol. The quantitative estimate of drug-likeness (QED) is 0.873. The number of hydrogen-bond donors (Lipinski definition) is 1. The highest BCUT2D eigenvalue weighted by atomic mass is 32.2. The smallest absolute Gasteiger partial charge is 0.157 e. The Bertz CT molecular complexity index is 530. The summed E-state index contributed by atoms with van der Waals surface area (Å²) in [6, 6.07) is 0.308. The number of aliphatic imine (C=N–C) groups is 1. The molecule has 0 saturated heterocycles. The number of thioether (sulfide) groups is 1. The van der Waals surface area contributed by atoms with Crippen molar-refractivity contribution < 1.29 is 0 Å². The number of hydrogen-bond acceptors (Lipinski definition) is 5. The van der Waals surface area contributed by atoms with E-state index in [0.29, 0.717) is 11.5 Å². The van der Waals surface area contributed by atoms with Gasteiger partial charge in [0.25, 0.3) is 0 Å². The van der Waals surface area contributed by atoms with E-state index in [1.54, 1.807) is 11.3 Å². The average molecular weight is 324 g/mol. The van der Waals surface area contributed by atoms with E-state index < -0.39 is 0 Å². The minimum absolute atomic E-state index is 0.308. The summed E-state index contributed by atoms with van der Waals surface area (Å²) in [5.41, 5.74) is 1.66. The first-order valence-corrected chi connectivity index (χ1v) is 9.76. The number of thiazole rings is 1. The zero-order valence-corrected chi connectivity index (χ0v) is 14.9. The van der Waals surface area contributed by atoms with Crippen LogP contribution in [0.4, 0.5) is 0 Å². The Labute approximate surface area is 136 Å². The molecule has 2 heterocycles. The van der Waals surface area contributed by atoms with E-state index in [2.05, 4.69) is 31.1 Å². The standard InChI is InChI=1S/C16H25N3S2/c1-11-14(21-13(3)18-11)12(2)19-15-17-9-16(10-20-15)7-5-4-6-8-16/h12H,4-10H2,1-3H3,(H,17,19). The van der Waals surface area contributed by atoms with Gasteiger partial charge < -0.3 is 5.32 Å². The van der Waals surface area contributed by atoms with Crippen molar-refractivity contribution in [3.05, 3.63) is 15.6 Å². The third-order valence-electron chi connectivity index (χ3n) is 4.66. The summed E-state index contributed by atoms with van der Waals surface area (Å²) >= 11 is 3.72. The molecule has 1 aromatic heterocycles. The molecule has 0 aromatic carbocycles. The van der Waals surface area contributed by atoms with Gasteiger partial charge in [-0.2, -0.15) is 0 Å². The summed E-state index contributed by atoms with van der Waals surface area (Å²) in [5, 5.41) is 5.87. The van der Waals surface area contributed by atoms with Crippen molar-refractivity contribution in [2.45, 2.75) is 58.9 Å². The van der Waals surface area contributed by atoms with Crippen LogP contribution in [0.2, 0.25) is 0 Å². The summed E-state index contributed by atoms with van der Waals surface area (Å²) in [6.45, 7) is 7.42. The highest BCUT2D eigenvalue weighted by molar-refractivity contribution is 8.13. The highest BCUT2D eigenvalue weighted by Gasteiger charge is 2.35. The van der Waals surface area contributed by atoms with Gasteiger partial charge in [-0.15, -0.1) is 11.3 Å². The zero-order valence-electron chi connectivity index (χ0n) is 13.2. The second kappa shape index (κ2) is 6.29. The lowest BCUT2D eigenvalue weighted by Gasteiger charge is -2.38. The molecule has 1 aliphatic heterocycles. The second-order valence-electron chi connectivity index (χ2n) is 6.52. The van der Waals surface area contributed by atoms with Gasteiger partial charge in [0.2, 0.25) is 0 Å². The third-order valence-corrected chi connectivity index (χ3v) is 7.19. The van der Waals surface area contributed by atoms with Gasteiger partial charge in [0, 0.05) is 17.2 Å². The first-order valence-electron chi connectivity index (χ1n) is 7.96. The van der Waals surface area contributed by atoms with Gasteiger partial charge >= 0.3 is 0 Å². The first-order chi connectivity index (χ1) is 10.1. The Balaban J connectivity index is 1.62. The normalized spacial score (nSPS) is 22.9. The molecule has 0 bridgehead atoms. The minimum atomic E-state index is 0.308. The third kappa shape index (κ3) is 3.45. The van der Waals surface area contributed by atoms with Crippen LogP contribution >= 0.6 is 23.1 Å². The van der Waals surface area contributed by atoms with Crippen molar-refractivity contribution in [2.75, 3.05) is 12.3 Å². The van der Waals surface area contributed by atoms with Gasteiger partial charge in [-0.25, -0.2) is 4.98 Å². The number of aromatic nitrogens is 1. The van der Waals surface area contributed by atoms with Gasteiger partial charge in [-0.3, -0.25) is 4.99 Å². The predicted octanol–water partition coefficient (Wildman–Crippen LogP) is 4.46. The van der Waals surface area contributed by atoms with Crippen molar-refractivity contribution in [2.24, 2.45) is 10.4 Å². The molecular formula is C16H25N3S2. The second-order valence-corrected chi connectivity index (χ2v) is 8.72. The molecule has 116 valence electrons. The van der Waals surface area contributed by atoms with Crippen molar-refractivity contribution in [1.82, 2.24) is 10.3 Å². The topological polar surface area (TPSA) is 37.3 Å². The van der Waals surface area contributed by atoms with Crippen LogP contribution in [0.5, 0.6) is 0 Å². The van der Waals surface area contributed by atoms with E-state index in [1.165, 1.54) is 42.7 Å². The summed E-state index contributed by atoms with van der Waals surface area (Å²) in [5.74, 6) is 1.24. The Morgan fingerprint density at radius 3 is 2.52 bits per heavy atom. The van der Waals surface area contributed by atoms with Gasteiger partial charge in [-0.05, 0) is 39.0 Å². The van der Waals surface area contributed by atoms with Crippen LogP contribution in [0.25, 0.3) is 0 Å². The number of rotatable bonds is 2. The average Bonchev–Trinajstić information content (AvgIpc) is 2.82. The zero-order chi connectivity index (χ0) is 14.9. The van der Waals surface area contributed by atoms with Crippen LogP contribution in [-0.2, 0) is 0 Å². The maximum absolute atomic E-state index is 4.86. The lowest BCUT2D eigenvalue weighted by Crippen LogP contribution is -2.37. The Kier molecular flexibility index (Phi) is 4.60. The fourth-order valence-electron chi connectivity index (χ4n) is 3.44. The highest BCUT2D eigenvalue weighted by Crippen LogP contribution is 2.41. The minimum Gasteiger partial charge on any atom is -0.358 e. The van der Waals surface area contributed by atoms with E-state index in [9.17, 15) is 0 Å². The summed E-state index contributed by atoms with van der Waals surface area (Å²) in [7, 11) is 0. The van der Waals surface area contributed by atoms with E-state index in [1.807, 2.05) is 11.8 Å². The maximum Gasteiger partial charge on any atom is 0.157 e. The predicted molar refractivity (Wildman–Crippen MR) is 93.4 cm³/mol. The summed E-state index contributed by atoms with van der Waals surface area (Å²) in [6.07, 6.45) is 6.96.